The lowest BCUT2D eigenvalue weighted by Crippen LogP contribution is -2.40. The monoisotopic (exact) mass is 344 g/mol. The van der Waals surface area contributed by atoms with E-state index in [-0.39, 0.29) is 11.9 Å². The highest BCUT2D eigenvalue weighted by Gasteiger charge is 2.24. The zero-order valence-corrected chi connectivity index (χ0v) is 14.4. The molecule has 122 valence electrons. The zero-order chi connectivity index (χ0) is 16.3. The number of aliphatic hydroxyl groups excluding tert-OH is 1. The largest absolute Gasteiger partial charge is 0.390 e. The smallest absolute Gasteiger partial charge is 0.222 e. The third kappa shape index (κ3) is 4.35. The van der Waals surface area contributed by atoms with Gasteiger partial charge in [-0.25, -0.2) is 0 Å². The molecule has 1 saturated heterocycles. The first-order valence-corrected chi connectivity index (χ1v) is 8.25. The van der Waals surface area contributed by atoms with E-state index in [0.717, 1.165) is 18.5 Å². The van der Waals surface area contributed by atoms with Gasteiger partial charge in [0.1, 0.15) is 0 Å². The molecular weight excluding hydrogens is 323 g/mol. The van der Waals surface area contributed by atoms with E-state index in [2.05, 4.69) is 0 Å². The summed E-state index contributed by atoms with van der Waals surface area (Å²) in [5, 5.41) is 11.4. The highest BCUT2D eigenvalue weighted by Crippen LogP contribution is 2.29. The topological polar surface area (TPSA) is 43.8 Å². The Morgan fingerprint density at radius 1 is 1.41 bits per heavy atom. The van der Waals surface area contributed by atoms with Gasteiger partial charge in [0.2, 0.25) is 5.91 Å². The number of amides is 1. The summed E-state index contributed by atoms with van der Waals surface area (Å²) in [5.41, 5.74) is 0.970. The Labute approximate surface area is 141 Å². The van der Waals surface area contributed by atoms with Crippen molar-refractivity contribution in [2.45, 2.75) is 31.9 Å². The first kappa shape index (κ1) is 17.5. The molecule has 1 fully saturated rings. The van der Waals surface area contributed by atoms with Crippen LogP contribution in [0.5, 0.6) is 0 Å². The van der Waals surface area contributed by atoms with Crippen molar-refractivity contribution in [3.05, 3.63) is 33.8 Å². The van der Waals surface area contributed by atoms with E-state index in [9.17, 15) is 9.90 Å². The predicted molar refractivity (Wildman–Crippen MR) is 89.3 cm³/mol. The van der Waals surface area contributed by atoms with Crippen LogP contribution in [-0.2, 0) is 4.79 Å². The summed E-state index contributed by atoms with van der Waals surface area (Å²) in [6.07, 6.45) is 0.915. The van der Waals surface area contributed by atoms with Gasteiger partial charge in [0, 0.05) is 42.1 Å². The van der Waals surface area contributed by atoms with Crippen LogP contribution >= 0.6 is 23.2 Å². The number of aliphatic hydroxyl groups is 1. The van der Waals surface area contributed by atoms with Crippen LogP contribution in [0.3, 0.4) is 0 Å². The first-order valence-electron chi connectivity index (χ1n) is 7.49. The molecule has 1 heterocycles. The Morgan fingerprint density at radius 2 is 2.14 bits per heavy atom. The lowest BCUT2D eigenvalue weighted by atomic mass is 10.1. The van der Waals surface area contributed by atoms with Crippen LogP contribution < -0.4 is 0 Å². The molecule has 2 rings (SSSR count). The number of hydrogen-bond donors (Lipinski definition) is 1. The number of nitrogens with zero attached hydrogens (tertiary/aromatic N) is 2. The van der Waals surface area contributed by atoms with E-state index < -0.39 is 6.10 Å². The van der Waals surface area contributed by atoms with Crippen LogP contribution in [-0.4, -0.2) is 53.6 Å². The number of hydrogen-bond acceptors (Lipinski definition) is 3. The Morgan fingerprint density at radius 3 is 2.73 bits per heavy atom. The second kappa shape index (κ2) is 7.64. The van der Waals surface area contributed by atoms with Crippen molar-refractivity contribution in [2.75, 3.05) is 26.7 Å². The van der Waals surface area contributed by atoms with Crippen LogP contribution in [0.15, 0.2) is 18.2 Å². The summed E-state index contributed by atoms with van der Waals surface area (Å²) in [6.45, 7) is 3.65. The fourth-order valence-corrected chi connectivity index (χ4v) is 3.34. The van der Waals surface area contributed by atoms with Gasteiger partial charge in [0.15, 0.2) is 0 Å². The third-order valence-corrected chi connectivity index (χ3v) is 4.74. The lowest BCUT2D eigenvalue weighted by molar-refractivity contribution is -0.129. The summed E-state index contributed by atoms with van der Waals surface area (Å²) in [6, 6.07) is 5.49. The fraction of sp³-hybridized carbons (Fsp3) is 0.562. The minimum atomic E-state index is -0.569. The Bertz CT molecular complexity index is 539. The van der Waals surface area contributed by atoms with Crippen molar-refractivity contribution in [3.63, 3.8) is 0 Å². The van der Waals surface area contributed by atoms with Gasteiger partial charge in [-0.2, -0.15) is 0 Å². The number of likely N-dealkylation sites (tertiary alicyclic amines) is 1. The average Bonchev–Trinajstić information content (AvgIpc) is 2.83. The van der Waals surface area contributed by atoms with E-state index in [0.29, 0.717) is 29.6 Å². The van der Waals surface area contributed by atoms with Gasteiger partial charge < -0.3 is 10.0 Å². The fourth-order valence-electron chi connectivity index (χ4n) is 2.78. The van der Waals surface area contributed by atoms with Crippen LogP contribution in [0.1, 0.15) is 31.4 Å². The Kier molecular flexibility index (Phi) is 6.09. The van der Waals surface area contributed by atoms with Gasteiger partial charge in [-0.1, -0.05) is 29.3 Å². The van der Waals surface area contributed by atoms with Crippen LogP contribution in [0.4, 0.5) is 0 Å². The first-order chi connectivity index (χ1) is 10.4. The molecule has 1 aromatic carbocycles. The summed E-state index contributed by atoms with van der Waals surface area (Å²) < 4.78 is 0. The van der Waals surface area contributed by atoms with Crippen LogP contribution in [0.2, 0.25) is 10.0 Å². The third-order valence-electron chi connectivity index (χ3n) is 4.17. The van der Waals surface area contributed by atoms with Gasteiger partial charge >= 0.3 is 0 Å². The molecule has 0 radical (unpaired) electrons. The van der Waals surface area contributed by atoms with E-state index in [1.807, 2.05) is 31.0 Å². The van der Waals surface area contributed by atoms with Crippen molar-refractivity contribution < 1.29 is 9.90 Å². The number of rotatable bonds is 6. The molecular formula is C16H22Cl2N2O2. The maximum Gasteiger partial charge on any atom is 0.222 e. The Balaban J connectivity index is 1.92. The number of halogens is 2. The highest BCUT2D eigenvalue weighted by molar-refractivity contribution is 6.35. The second-order valence-corrected chi connectivity index (χ2v) is 6.72. The quantitative estimate of drug-likeness (QED) is 0.862. The summed E-state index contributed by atoms with van der Waals surface area (Å²) >= 11 is 12.2. The van der Waals surface area contributed by atoms with E-state index in [1.165, 1.54) is 0 Å². The van der Waals surface area contributed by atoms with E-state index >= 15 is 0 Å². The molecule has 1 aliphatic heterocycles. The molecule has 0 bridgehead atoms. The normalized spacial score (nSPS) is 18.1. The molecule has 4 nitrogen and oxygen atoms in total. The van der Waals surface area contributed by atoms with E-state index in [1.54, 1.807) is 11.0 Å². The zero-order valence-electron chi connectivity index (χ0n) is 12.9. The molecule has 0 spiro atoms. The maximum atomic E-state index is 11.6. The molecule has 22 heavy (non-hydrogen) atoms. The van der Waals surface area contributed by atoms with Crippen molar-refractivity contribution in [3.8, 4) is 0 Å². The number of β-amino-alcohol motifs (C(OH)–C–C–N with tert-alkyl or cyclic N) is 1. The van der Waals surface area contributed by atoms with Gasteiger partial charge in [-0.3, -0.25) is 9.69 Å². The molecule has 2 unspecified atom stereocenters. The highest BCUT2D eigenvalue weighted by atomic mass is 35.5. The minimum absolute atomic E-state index is 0.0497. The molecule has 6 heteroatoms. The van der Waals surface area contributed by atoms with Crippen molar-refractivity contribution in [1.82, 2.24) is 9.80 Å². The summed E-state index contributed by atoms with van der Waals surface area (Å²) in [4.78, 5) is 15.4. The van der Waals surface area contributed by atoms with Crippen LogP contribution in [0.25, 0.3) is 0 Å². The van der Waals surface area contributed by atoms with E-state index in [4.69, 9.17) is 23.2 Å². The van der Waals surface area contributed by atoms with Crippen molar-refractivity contribution >= 4 is 29.1 Å². The molecule has 2 atom stereocenters. The number of benzene rings is 1. The second-order valence-electron chi connectivity index (χ2n) is 5.88. The number of likely N-dealkylation sites (N-methyl/N-ethyl adjacent to an activating group) is 1. The van der Waals surface area contributed by atoms with Gasteiger partial charge in [-0.05, 0) is 38.1 Å². The molecule has 1 aromatic rings. The standard InChI is InChI=1S/C16H22Cl2N2O2/c1-11(14-6-5-12(17)8-15(14)18)19(2)9-13(21)10-20-7-3-4-16(20)22/h5-6,8,11,13,21H,3-4,7,9-10H2,1-2H3. The molecule has 1 aliphatic rings. The minimum Gasteiger partial charge on any atom is -0.390 e. The SMILES string of the molecule is CC(c1ccc(Cl)cc1Cl)N(C)CC(O)CN1CCCC1=O. The summed E-state index contributed by atoms with van der Waals surface area (Å²) in [5.74, 6) is 0.135. The van der Waals surface area contributed by atoms with Gasteiger partial charge in [0.25, 0.3) is 0 Å². The molecule has 0 aliphatic carbocycles. The van der Waals surface area contributed by atoms with Crippen molar-refractivity contribution in [1.29, 1.82) is 0 Å². The molecule has 1 N–H and O–H groups in total. The summed E-state index contributed by atoms with van der Waals surface area (Å²) in [7, 11) is 1.94. The lowest BCUT2D eigenvalue weighted by Gasteiger charge is -2.29. The maximum absolute atomic E-state index is 11.6. The van der Waals surface area contributed by atoms with Gasteiger partial charge in [-0.15, -0.1) is 0 Å². The van der Waals surface area contributed by atoms with Gasteiger partial charge in [0.05, 0.1) is 6.10 Å². The predicted octanol–water partition coefficient (Wildman–Crippen LogP) is 2.97. The molecule has 1 amide bonds. The average molecular weight is 345 g/mol. The number of carbonyl (C=O) groups excluding carboxylic acids is 1. The van der Waals surface area contributed by atoms with Crippen molar-refractivity contribution in [2.24, 2.45) is 0 Å². The Hall–Kier alpha value is -0.810. The number of carbonyl (C=O) groups is 1. The molecule has 0 aromatic heterocycles. The molecule has 0 saturated carbocycles. The van der Waals surface area contributed by atoms with Crippen LogP contribution in [0, 0.1) is 0 Å².